The Morgan fingerprint density at radius 1 is 0.769 bits per heavy atom. The van der Waals surface area contributed by atoms with Crippen LogP contribution in [0.3, 0.4) is 0 Å². The molecule has 3 aromatic rings. The molecule has 3 aromatic carbocycles. The molecule has 0 amide bonds. The summed E-state index contributed by atoms with van der Waals surface area (Å²) >= 11 is 0. The molecule has 0 N–H and O–H groups in total. The number of nitrogens with zero attached hydrogens (tertiary/aromatic N) is 2. The van der Waals surface area contributed by atoms with Crippen molar-refractivity contribution >= 4 is 24.4 Å². The van der Waals surface area contributed by atoms with Crippen LogP contribution in [0.15, 0.2) is 97.3 Å². The first-order valence-electron chi connectivity index (χ1n) is 8.63. The Morgan fingerprint density at radius 3 is 2.00 bits per heavy atom. The van der Waals surface area contributed by atoms with Crippen LogP contribution in [-0.2, 0) is 0 Å². The molecule has 0 bridgehead atoms. The Morgan fingerprint density at radius 2 is 1.42 bits per heavy atom. The summed E-state index contributed by atoms with van der Waals surface area (Å²) in [5.41, 5.74) is 1.14. The highest BCUT2D eigenvalue weighted by atomic mass is 31.1. The second kappa shape index (κ2) is 7.63. The van der Waals surface area contributed by atoms with Gasteiger partial charge in [-0.1, -0.05) is 66.7 Å². The lowest BCUT2D eigenvalue weighted by Crippen LogP contribution is -2.21. The van der Waals surface area contributed by atoms with E-state index in [-0.39, 0.29) is 0 Å². The average Bonchev–Trinajstić information content (AvgIpc) is 3.14. The van der Waals surface area contributed by atoms with Crippen molar-refractivity contribution in [1.82, 2.24) is 4.90 Å². The molecule has 1 heterocycles. The van der Waals surface area contributed by atoms with Crippen LogP contribution in [0.1, 0.15) is 0 Å². The van der Waals surface area contributed by atoms with Gasteiger partial charge in [0.1, 0.15) is 5.75 Å². The van der Waals surface area contributed by atoms with Gasteiger partial charge >= 0.3 is 0 Å². The van der Waals surface area contributed by atoms with Crippen LogP contribution in [0, 0.1) is 0 Å². The maximum Gasteiger partial charge on any atom is 0.150 e. The topological polar surface area (TPSA) is 15.7 Å². The molecule has 0 radical (unpaired) electrons. The number of hydrogen-bond donors (Lipinski definition) is 0. The molecule has 130 valence electrons. The Labute approximate surface area is 156 Å². The van der Waals surface area contributed by atoms with Crippen molar-refractivity contribution in [2.24, 2.45) is 0 Å². The van der Waals surface area contributed by atoms with E-state index in [1.807, 2.05) is 18.2 Å². The summed E-state index contributed by atoms with van der Waals surface area (Å²) in [5, 5.41) is 2.42. The fourth-order valence-corrected chi connectivity index (χ4v) is 4.62. The van der Waals surface area contributed by atoms with Gasteiger partial charge in [0.15, 0.2) is 8.15 Å². The fraction of sp³-hybridized carbons (Fsp3) is 0.0909. The Balaban J connectivity index is 1.63. The Bertz CT molecular complexity index is 843. The molecule has 1 aliphatic rings. The van der Waals surface area contributed by atoms with Crippen molar-refractivity contribution in [2.75, 3.05) is 18.6 Å². The maximum absolute atomic E-state index is 6.51. The molecule has 4 rings (SSSR count). The lowest BCUT2D eigenvalue weighted by Gasteiger charge is -2.22. The van der Waals surface area contributed by atoms with Gasteiger partial charge in [0.2, 0.25) is 0 Å². The first-order valence-corrected chi connectivity index (χ1v) is 9.89. The van der Waals surface area contributed by atoms with Crippen LogP contribution in [-0.4, -0.2) is 18.6 Å². The summed E-state index contributed by atoms with van der Waals surface area (Å²) in [6, 6.07) is 29.2. The Kier molecular flexibility index (Phi) is 4.90. The first-order chi connectivity index (χ1) is 12.8. The zero-order chi connectivity index (χ0) is 17.8. The molecule has 0 atom stereocenters. The van der Waals surface area contributed by atoms with Crippen molar-refractivity contribution in [2.45, 2.75) is 0 Å². The van der Waals surface area contributed by atoms with E-state index in [1.165, 1.54) is 10.6 Å². The van der Waals surface area contributed by atoms with Crippen molar-refractivity contribution in [3.63, 3.8) is 0 Å². The van der Waals surface area contributed by atoms with Gasteiger partial charge in [0.05, 0.1) is 6.67 Å². The monoisotopic (exact) mass is 360 g/mol. The fourth-order valence-electron chi connectivity index (χ4n) is 2.90. The van der Waals surface area contributed by atoms with Crippen LogP contribution < -0.4 is 20.0 Å². The van der Waals surface area contributed by atoms with Crippen molar-refractivity contribution in [3.05, 3.63) is 97.3 Å². The van der Waals surface area contributed by atoms with Crippen LogP contribution in [0.5, 0.6) is 5.75 Å². The van der Waals surface area contributed by atoms with Gasteiger partial charge in [0, 0.05) is 41.8 Å². The molecule has 0 aliphatic carbocycles. The molecular formula is C22H21N2OP. The van der Waals surface area contributed by atoms with Crippen LogP contribution in [0.25, 0.3) is 0 Å². The average molecular weight is 360 g/mol. The molecule has 4 heteroatoms. The summed E-state index contributed by atoms with van der Waals surface area (Å²) in [6.45, 7) is 0.857. The number of hydrogen-bond acceptors (Lipinski definition) is 3. The van der Waals surface area contributed by atoms with Crippen molar-refractivity contribution in [1.29, 1.82) is 0 Å². The summed E-state index contributed by atoms with van der Waals surface area (Å²) in [4.78, 5) is 4.36. The molecule has 0 spiro atoms. The molecule has 0 aromatic heterocycles. The van der Waals surface area contributed by atoms with Gasteiger partial charge in [0.25, 0.3) is 0 Å². The predicted molar refractivity (Wildman–Crippen MR) is 110 cm³/mol. The summed E-state index contributed by atoms with van der Waals surface area (Å²) in [5.74, 6) is 0.893. The van der Waals surface area contributed by atoms with Gasteiger partial charge < -0.3 is 14.3 Å². The van der Waals surface area contributed by atoms with Gasteiger partial charge in [-0.2, -0.15) is 0 Å². The second-order valence-corrected chi connectivity index (χ2v) is 8.02. The minimum Gasteiger partial charge on any atom is -0.464 e. The Hall–Kier alpha value is -2.77. The number of benzene rings is 3. The van der Waals surface area contributed by atoms with E-state index >= 15 is 0 Å². The van der Waals surface area contributed by atoms with E-state index in [9.17, 15) is 0 Å². The standard InChI is InChI=1S/C22H21N2OP/c1-23-15-16-24(18-23)19-9-8-10-20(17-19)25-26(21-11-4-2-5-12-21)22-13-6-3-7-14-22/h2-17H,18H2,1H3. The SMILES string of the molecule is CN1C=CN(c2cccc(OP(c3ccccc3)c3ccccc3)c2)C1. The lowest BCUT2D eigenvalue weighted by atomic mass is 10.3. The minimum absolute atomic E-state index is 0.857. The summed E-state index contributed by atoms with van der Waals surface area (Å²) in [6.07, 6.45) is 4.17. The highest BCUT2D eigenvalue weighted by Gasteiger charge is 2.18. The molecule has 0 unspecified atom stereocenters. The summed E-state index contributed by atoms with van der Waals surface area (Å²) < 4.78 is 6.51. The molecule has 0 saturated carbocycles. The van der Waals surface area contributed by atoms with Gasteiger partial charge in [-0.05, 0) is 12.1 Å². The molecule has 26 heavy (non-hydrogen) atoms. The van der Waals surface area contributed by atoms with Crippen LogP contribution in [0.4, 0.5) is 5.69 Å². The van der Waals surface area contributed by atoms with E-state index in [0.717, 1.165) is 18.1 Å². The summed E-state index contributed by atoms with van der Waals surface area (Å²) in [7, 11) is 1.16. The molecule has 1 aliphatic heterocycles. The quantitative estimate of drug-likeness (QED) is 0.631. The van der Waals surface area contributed by atoms with Crippen molar-refractivity contribution in [3.8, 4) is 5.75 Å². The zero-order valence-electron chi connectivity index (χ0n) is 14.7. The third-order valence-electron chi connectivity index (χ3n) is 4.20. The highest BCUT2D eigenvalue weighted by Crippen LogP contribution is 2.37. The van der Waals surface area contributed by atoms with E-state index in [0.29, 0.717) is 0 Å². The molecular weight excluding hydrogens is 339 g/mol. The van der Waals surface area contributed by atoms with E-state index in [1.54, 1.807) is 0 Å². The first kappa shape index (κ1) is 16.7. The maximum atomic E-state index is 6.51. The minimum atomic E-state index is -0.908. The van der Waals surface area contributed by atoms with Crippen molar-refractivity contribution < 1.29 is 4.52 Å². The van der Waals surface area contributed by atoms with E-state index in [4.69, 9.17) is 4.52 Å². The van der Waals surface area contributed by atoms with Crippen LogP contribution in [0.2, 0.25) is 0 Å². The van der Waals surface area contributed by atoms with Gasteiger partial charge in [-0.3, -0.25) is 0 Å². The number of rotatable bonds is 5. The lowest BCUT2D eigenvalue weighted by molar-refractivity contribution is 0.495. The molecule has 0 fully saturated rings. The zero-order valence-corrected chi connectivity index (χ0v) is 15.6. The van der Waals surface area contributed by atoms with E-state index in [2.05, 4.69) is 96.0 Å². The third kappa shape index (κ3) is 3.74. The van der Waals surface area contributed by atoms with Gasteiger partial charge in [-0.25, -0.2) is 0 Å². The second-order valence-electron chi connectivity index (χ2n) is 6.22. The normalized spacial score (nSPS) is 13.5. The van der Waals surface area contributed by atoms with Crippen LogP contribution >= 0.6 is 8.15 Å². The molecule has 3 nitrogen and oxygen atoms in total. The smallest absolute Gasteiger partial charge is 0.150 e. The predicted octanol–water partition coefficient (Wildman–Crippen LogP) is 4.29. The highest BCUT2D eigenvalue weighted by molar-refractivity contribution is 7.68. The number of anilines is 1. The molecule has 0 saturated heterocycles. The van der Waals surface area contributed by atoms with E-state index < -0.39 is 8.15 Å². The van der Waals surface area contributed by atoms with Gasteiger partial charge in [-0.15, -0.1) is 0 Å². The third-order valence-corrected chi connectivity index (χ3v) is 6.13. The largest absolute Gasteiger partial charge is 0.464 e.